The Hall–Kier alpha value is -0.900. The molecule has 0 unspecified atom stereocenters. The Labute approximate surface area is 151 Å². The number of hydrogen-bond donors (Lipinski definition) is 2. The van der Waals surface area contributed by atoms with Crippen LogP contribution >= 0.6 is 12.2 Å². The van der Waals surface area contributed by atoms with Gasteiger partial charge in [0.25, 0.3) is 0 Å². The lowest BCUT2D eigenvalue weighted by Crippen LogP contribution is -2.52. The largest absolute Gasteiger partial charge is 0.375 e. The SMILES string of the molecule is C[C@]12CC=CC[C@@H]1CC[C@H]1[C@@H]2CC[C@]2(C)/C(=N/NC(N)=S)CC[C@@H]12. The molecule has 0 aromatic carbocycles. The fraction of sp³-hybridized carbons (Fsp3) is 0.800. The molecule has 3 nitrogen and oxygen atoms in total. The molecule has 4 rings (SSSR count). The molecule has 0 spiro atoms. The van der Waals surface area contributed by atoms with Crippen molar-refractivity contribution in [2.24, 2.45) is 45.3 Å². The second-order valence-electron chi connectivity index (χ2n) is 9.10. The summed E-state index contributed by atoms with van der Waals surface area (Å²) in [5.74, 6) is 3.50. The Morgan fingerprint density at radius 2 is 2.04 bits per heavy atom. The van der Waals surface area contributed by atoms with E-state index in [0.29, 0.717) is 5.41 Å². The van der Waals surface area contributed by atoms with E-state index >= 15 is 0 Å². The van der Waals surface area contributed by atoms with Gasteiger partial charge in [-0.3, -0.25) is 5.43 Å². The zero-order chi connectivity index (χ0) is 16.9. The number of nitrogens with zero attached hydrogens (tertiary/aromatic N) is 1. The van der Waals surface area contributed by atoms with Crippen molar-refractivity contribution >= 4 is 23.0 Å². The molecule has 0 amide bonds. The van der Waals surface area contributed by atoms with E-state index in [1.807, 2.05) is 0 Å². The Bertz CT molecular complexity index is 598. The lowest BCUT2D eigenvalue weighted by Gasteiger charge is -2.59. The number of hydrazone groups is 1. The van der Waals surface area contributed by atoms with Crippen LogP contribution in [0.1, 0.15) is 65.2 Å². The van der Waals surface area contributed by atoms with Crippen molar-refractivity contribution in [2.75, 3.05) is 0 Å². The maximum Gasteiger partial charge on any atom is 0.184 e. The fourth-order valence-corrected chi connectivity index (χ4v) is 6.98. The van der Waals surface area contributed by atoms with E-state index in [4.69, 9.17) is 18.0 Å². The molecule has 6 atom stereocenters. The van der Waals surface area contributed by atoms with E-state index in [0.717, 1.165) is 30.1 Å². The van der Waals surface area contributed by atoms with Gasteiger partial charge in [0.1, 0.15) is 0 Å². The molecule has 0 aromatic rings. The first-order valence-electron chi connectivity index (χ1n) is 9.72. The van der Waals surface area contributed by atoms with E-state index in [2.05, 4.69) is 36.5 Å². The van der Waals surface area contributed by atoms with Gasteiger partial charge >= 0.3 is 0 Å². The molecule has 3 saturated carbocycles. The van der Waals surface area contributed by atoms with Gasteiger partial charge in [0.2, 0.25) is 0 Å². The molecule has 132 valence electrons. The van der Waals surface area contributed by atoms with Crippen molar-refractivity contribution in [2.45, 2.75) is 65.2 Å². The fourth-order valence-electron chi connectivity index (χ4n) is 6.93. The van der Waals surface area contributed by atoms with E-state index in [9.17, 15) is 0 Å². The van der Waals surface area contributed by atoms with Crippen LogP contribution in [0, 0.1) is 34.5 Å². The van der Waals surface area contributed by atoms with Crippen LogP contribution in [0.5, 0.6) is 0 Å². The van der Waals surface area contributed by atoms with E-state index in [1.54, 1.807) is 0 Å². The van der Waals surface area contributed by atoms with E-state index < -0.39 is 0 Å². The molecule has 4 aliphatic rings. The summed E-state index contributed by atoms with van der Waals surface area (Å²) < 4.78 is 0. The first kappa shape index (κ1) is 16.6. The van der Waals surface area contributed by atoms with E-state index in [-0.39, 0.29) is 10.5 Å². The highest BCUT2D eigenvalue weighted by atomic mass is 32.1. The van der Waals surface area contributed by atoms with Crippen LogP contribution in [0.2, 0.25) is 0 Å². The zero-order valence-electron chi connectivity index (χ0n) is 15.1. The van der Waals surface area contributed by atoms with Gasteiger partial charge in [0, 0.05) is 11.1 Å². The summed E-state index contributed by atoms with van der Waals surface area (Å²) in [7, 11) is 0. The Kier molecular flexibility index (Phi) is 4.02. The first-order chi connectivity index (χ1) is 11.4. The minimum absolute atomic E-state index is 0.257. The number of rotatable bonds is 1. The van der Waals surface area contributed by atoms with Gasteiger partial charge in [-0.2, -0.15) is 5.10 Å². The van der Waals surface area contributed by atoms with Crippen molar-refractivity contribution in [3.05, 3.63) is 12.2 Å². The molecule has 0 bridgehead atoms. The second kappa shape index (κ2) is 5.82. The third-order valence-corrected chi connectivity index (χ3v) is 8.34. The van der Waals surface area contributed by atoms with Crippen LogP contribution < -0.4 is 11.2 Å². The average molecular weight is 346 g/mol. The maximum atomic E-state index is 5.59. The summed E-state index contributed by atoms with van der Waals surface area (Å²) in [5.41, 5.74) is 10.6. The molecule has 3 N–H and O–H groups in total. The van der Waals surface area contributed by atoms with Crippen LogP contribution in [0.4, 0.5) is 0 Å². The van der Waals surface area contributed by atoms with Crippen LogP contribution in [-0.2, 0) is 0 Å². The zero-order valence-corrected chi connectivity index (χ0v) is 15.9. The standard InChI is InChI=1S/C20H31N3S/c1-19-11-4-3-5-13(19)6-7-14-15-8-9-17(22-23-18(21)24)20(15,2)12-10-16(14)19/h3-4,13-16H,5-12H2,1-2H3,(H3,21,23,24)/b22-17+/t13-,14-,15+,16+,19+,20+/m1/s1. The van der Waals surface area contributed by atoms with Crippen molar-refractivity contribution in [3.63, 3.8) is 0 Å². The smallest absolute Gasteiger partial charge is 0.184 e. The van der Waals surface area contributed by atoms with Gasteiger partial charge < -0.3 is 5.73 Å². The average Bonchev–Trinajstić information content (AvgIpc) is 2.89. The van der Waals surface area contributed by atoms with Crippen LogP contribution in [0.3, 0.4) is 0 Å². The summed E-state index contributed by atoms with van der Waals surface area (Å²) in [6, 6.07) is 0. The van der Waals surface area contributed by atoms with Gasteiger partial charge in [0.05, 0.1) is 0 Å². The molecule has 0 saturated heterocycles. The normalized spacial score (nSPS) is 48.5. The van der Waals surface area contributed by atoms with Gasteiger partial charge in [-0.25, -0.2) is 0 Å². The molecule has 0 heterocycles. The number of nitrogens with one attached hydrogen (secondary N) is 1. The summed E-state index contributed by atoms with van der Waals surface area (Å²) in [6.45, 7) is 5.05. The van der Waals surface area contributed by atoms with Gasteiger partial charge in [-0.15, -0.1) is 0 Å². The number of nitrogens with two attached hydrogens (primary N) is 1. The first-order valence-corrected chi connectivity index (χ1v) is 10.1. The molecule has 0 aromatic heterocycles. The van der Waals surface area contributed by atoms with Crippen molar-refractivity contribution < 1.29 is 0 Å². The van der Waals surface area contributed by atoms with Gasteiger partial charge in [-0.05, 0) is 92.7 Å². The molecule has 0 radical (unpaired) electrons. The predicted octanol–water partition coefficient (Wildman–Crippen LogP) is 4.38. The van der Waals surface area contributed by atoms with E-state index in [1.165, 1.54) is 50.7 Å². The Morgan fingerprint density at radius 1 is 1.21 bits per heavy atom. The second-order valence-corrected chi connectivity index (χ2v) is 9.54. The summed E-state index contributed by atoms with van der Waals surface area (Å²) >= 11 is 4.94. The highest BCUT2D eigenvalue weighted by molar-refractivity contribution is 7.80. The van der Waals surface area contributed by atoms with Crippen molar-refractivity contribution in [3.8, 4) is 0 Å². The lowest BCUT2D eigenvalue weighted by molar-refractivity contribution is -0.0761. The summed E-state index contributed by atoms with van der Waals surface area (Å²) in [6.07, 6.45) is 15.4. The highest BCUT2D eigenvalue weighted by Gasteiger charge is 2.58. The third kappa shape index (κ3) is 2.36. The Morgan fingerprint density at radius 3 is 2.83 bits per heavy atom. The quantitative estimate of drug-likeness (QED) is 0.421. The number of thiocarbonyl (C=S) groups is 1. The van der Waals surface area contributed by atoms with Crippen molar-refractivity contribution in [1.29, 1.82) is 0 Å². The monoisotopic (exact) mass is 345 g/mol. The predicted molar refractivity (Wildman–Crippen MR) is 104 cm³/mol. The highest BCUT2D eigenvalue weighted by Crippen LogP contribution is 2.64. The number of fused-ring (bicyclic) bond motifs is 5. The molecular weight excluding hydrogens is 314 g/mol. The van der Waals surface area contributed by atoms with Crippen molar-refractivity contribution in [1.82, 2.24) is 5.43 Å². The third-order valence-electron chi connectivity index (χ3n) is 8.25. The minimum Gasteiger partial charge on any atom is -0.375 e. The van der Waals surface area contributed by atoms with Crippen LogP contribution in [0.15, 0.2) is 17.3 Å². The van der Waals surface area contributed by atoms with Gasteiger partial charge in [0.15, 0.2) is 5.11 Å². The molecule has 3 fully saturated rings. The lowest BCUT2D eigenvalue weighted by atomic mass is 9.46. The Balaban J connectivity index is 1.60. The molecule has 4 aliphatic carbocycles. The van der Waals surface area contributed by atoms with Crippen LogP contribution in [0.25, 0.3) is 0 Å². The summed E-state index contributed by atoms with van der Waals surface area (Å²) in [5, 5.41) is 4.89. The molecule has 4 heteroatoms. The van der Waals surface area contributed by atoms with Crippen LogP contribution in [-0.4, -0.2) is 10.8 Å². The maximum absolute atomic E-state index is 5.59. The summed E-state index contributed by atoms with van der Waals surface area (Å²) in [4.78, 5) is 0. The molecular formula is C20H31N3S. The molecule has 0 aliphatic heterocycles. The molecule has 24 heavy (non-hydrogen) atoms. The van der Waals surface area contributed by atoms with Gasteiger partial charge in [-0.1, -0.05) is 26.0 Å². The minimum atomic E-state index is 0.257. The topological polar surface area (TPSA) is 50.4 Å². The number of hydrogen-bond acceptors (Lipinski definition) is 2. The number of allylic oxidation sites excluding steroid dienone is 2.